The third-order valence-electron chi connectivity index (χ3n) is 3.18. The van der Waals surface area contributed by atoms with E-state index in [1.165, 1.54) is 0 Å². The van der Waals surface area contributed by atoms with Crippen molar-refractivity contribution in [3.05, 3.63) is 56.5 Å². The van der Waals surface area contributed by atoms with Crippen LogP contribution in [0.3, 0.4) is 0 Å². The van der Waals surface area contributed by atoms with Crippen molar-refractivity contribution in [1.82, 2.24) is 0 Å². The van der Waals surface area contributed by atoms with Crippen molar-refractivity contribution in [1.29, 1.82) is 0 Å². The molecule has 0 saturated heterocycles. The Balaban J connectivity index is 2.05. The van der Waals surface area contributed by atoms with Gasteiger partial charge in [0.25, 0.3) is 0 Å². The highest BCUT2D eigenvalue weighted by molar-refractivity contribution is 9.10. The molecule has 0 unspecified atom stereocenters. The zero-order chi connectivity index (χ0) is 15.0. The van der Waals surface area contributed by atoms with E-state index in [2.05, 4.69) is 15.9 Å². The predicted molar refractivity (Wildman–Crippen MR) is 84.8 cm³/mol. The lowest BCUT2D eigenvalue weighted by Crippen LogP contribution is -2.16. The highest BCUT2D eigenvalue weighted by Gasteiger charge is 2.20. The molecule has 21 heavy (non-hydrogen) atoms. The maximum atomic E-state index is 12.7. The first-order chi connectivity index (χ1) is 10.0. The number of carbonyl (C=O) groups is 1. The number of ether oxygens (including phenoxy) is 2. The molecule has 1 aliphatic heterocycles. The molecule has 2 aromatic rings. The van der Waals surface area contributed by atoms with Crippen molar-refractivity contribution >= 4 is 33.3 Å². The molecule has 0 atom stereocenters. The number of carbonyl (C=O) groups excluding carboxylic acids is 1. The summed E-state index contributed by atoms with van der Waals surface area (Å²) in [5.74, 6) is 1.13. The van der Waals surface area contributed by atoms with Gasteiger partial charge in [-0.25, -0.2) is 0 Å². The van der Waals surface area contributed by atoms with Crippen molar-refractivity contribution in [2.75, 3.05) is 13.2 Å². The van der Waals surface area contributed by atoms with Gasteiger partial charge in [-0.3, -0.25) is 4.79 Å². The molecule has 0 aliphatic carbocycles. The summed E-state index contributed by atoms with van der Waals surface area (Å²) < 4.78 is 11.7. The van der Waals surface area contributed by atoms with Gasteiger partial charge in [0.2, 0.25) is 0 Å². The maximum Gasteiger partial charge on any atom is 0.194 e. The first-order valence-corrected chi connectivity index (χ1v) is 7.63. The van der Waals surface area contributed by atoms with Gasteiger partial charge < -0.3 is 9.47 Å². The summed E-state index contributed by atoms with van der Waals surface area (Å²) in [7, 11) is 0. The summed E-state index contributed by atoms with van der Waals surface area (Å²) >= 11 is 9.45. The molecule has 0 N–H and O–H groups in total. The molecule has 0 aromatic heterocycles. The fourth-order valence-corrected chi connectivity index (χ4v) is 3.05. The van der Waals surface area contributed by atoms with Crippen LogP contribution in [-0.2, 0) is 0 Å². The van der Waals surface area contributed by atoms with E-state index >= 15 is 0 Å². The number of hydrogen-bond acceptors (Lipinski definition) is 3. The van der Waals surface area contributed by atoms with E-state index in [1.54, 1.807) is 18.2 Å². The maximum absolute atomic E-state index is 12.7. The number of ketones is 1. The molecule has 1 aliphatic rings. The number of rotatable bonds is 2. The van der Waals surface area contributed by atoms with Gasteiger partial charge in [-0.2, -0.15) is 0 Å². The van der Waals surface area contributed by atoms with Crippen LogP contribution in [0.4, 0.5) is 0 Å². The second-order valence-electron chi connectivity index (χ2n) is 4.82. The minimum absolute atomic E-state index is 0.107. The van der Waals surface area contributed by atoms with Gasteiger partial charge >= 0.3 is 0 Å². The molecule has 5 heteroatoms. The molecule has 3 rings (SSSR count). The Morgan fingerprint density at radius 2 is 1.76 bits per heavy atom. The lowest BCUT2D eigenvalue weighted by Gasteiger charge is -2.19. The summed E-state index contributed by atoms with van der Waals surface area (Å²) in [6.07, 6.45) is 0. The average Bonchev–Trinajstić information content (AvgIpc) is 2.44. The number of fused-ring (bicyclic) bond motifs is 1. The first kappa shape index (κ1) is 14.4. The Hall–Kier alpha value is -1.52. The number of halogens is 2. The number of aryl methyl sites for hydroxylation is 1. The van der Waals surface area contributed by atoms with Crippen LogP contribution in [0.15, 0.2) is 34.8 Å². The summed E-state index contributed by atoms with van der Waals surface area (Å²) in [4.78, 5) is 12.7. The van der Waals surface area contributed by atoms with Crippen molar-refractivity contribution in [2.45, 2.75) is 6.92 Å². The second-order valence-corrected chi connectivity index (χ2v) is 6.11. The lowest BCUT2D eigenvalue weighted by atomic mass is 10.0. The molecule has 108 valence electrons. The van der Waals surface area contributed by atoms with Gasteiger partial charge in [0.15, 0.2) is 17.3 Å². The monoisotopic (exact) mass is 366 g/mol. The minimum atomic E-state index is -0.107. The van der Waals surface area contributed by atoms with Crippen LogP contribution in [0, 0.1) is 6.92 Å². The standard InChI is InChI=1S/C16H12BrClO3/c1-9-4-10(6-11(18)5-9)16(19)12-7-14-15(8-13(12)17)21-3-2-20-14/h4-8H,2-3H2,1H3. The van der Waals surface area contributed by atoms with E-state index < -0.39 is 0 Å². The Bertz CT molecular complexity index is 707. The number of benzene rings is 2. The first-order valence-electron chi connectivity index (χ1n) is 6.45. The molecule has 0 fully saturated rings. The summed E-state index contributed by atoms with van der Waals surface area (Å²) in [5, 5.41) is 0.548. The van der Waals surface area contributed by atoms with Crippen molar-refractivity contribution < 1.29 is 14.3 Å². The lowest BCUT2D eigenvalue weighted by molar-refractivity contribution is 0.103. The molecule has 0 spiro atoms. The molecule has 0 radical (unpaired) electrons. The normalized spacial score (nSPS) is 13.1. The van der Waals surface area contributed by atoms with E-state index in [9.17, 15) is 4.79 Å². The Morgan fingerprint density at radius 1 is 1.10 bits per heavy atom. The minimum Gasteiger partial charge on any atom is -0.486 e. The molecule has 2 aromatic carbocycles. The highest BCUT2D eigenvalue weighted by atomic mass is 79.9. The van der Waals surface area contributed by atoms with Crippen LogP contribution in [0.2, 0.25) is 5.02 Å². The zero-order valence-electron chi connectivity index (χ0n) is 11.3. The largest absolute Gasteiger partial charge is 0.486 e. The molecule has 3 nitrogen and oxygen atoms in total. The topological polar surface area (TPSA) is 35.5 Å². The molecular formula is C16H12BrClO3. The van der Waals surface area contributed by atoms with E-state index in [4.69, 9.17) is 21.1 Å². The van der Waals surface area contributed by atoms with Gasteiger partial charge in [0, 0.05) is 20.6 Å². The van der Waals surface area contributed by atoms with Gasteiger partial charge in [-0.05, 0) is 58.7 Å². The highest BCUT2D eigenvalue weighted by Crippen LogP contribution is 2.36. The van der Waals surface area contributed by atoms with E-state index in [1.807, 2.05) is 19.1 Å². The predicted octanol–water partition coefficient (Wildman–Crippen LogP) is 4.41. The van der Waals surface area contributed by atoms with Crippen LogP contribution in [-0.4, -0.2) is 19.0 Å². The fraction of sp³-hybridized carbons (Fsp3) is 0.188. The van der Waals surface area contributed by atoms with Crippen LogP contribution < -0.4 is 9.47 Å². The van der Waals surface area contributed by atoms with Crippen molar-refractivity contribution in [3.8, 4) is 11.5 Å². The Morgan fingerprint density at radius 3 is 2.43 bits per heavy atom. The Kier molecular flexibility index (Phi) is 3.91. The van der Waals surface area contributed by atoms with Crippen LogP contribution in [0.5, 0.6) is 11.5 Å². The molecule has 0 saturated carbocycles. The van der Waals surface area contributed by atoms with Crippen molar-refractivity contribution in [2.24, 2.45) is 0 Å². The van der Waals surface area contributed by atoms with Gasteiger partial charge in [0.05, 0.1) is 0 Å². The van der Waals surface area contributed by atoms with Crippen LogP contribution in [0.25, 0.3) is 0 Å². The van der Waals surface area contributed by atoms with Gasteiger partial charge in [0.1, 0.15) is 13.2 Å². The molecule has 0 bridgehead atoms. The summed E-state index contributed by atoms with van der Waals surface area (Å²) in [6, 6.07) is 8.77. The second kappa shape index (κ2) is 5.70. The third kappa shape index (κ3) is 2.92. The fourth-order valence-electron chi connectivity index (χ4n) is 2.26. The molecular weight excluding hydrogens is 356 g/mol. The molecule has 0 amide bonds. The number of hydrogen-bond donors (Lipinski definition) is 0. The van der Waals surface area contributed by atoms with Crippen LogP contribution >= 0.6 is 27.5 Å². The quantitative estimate of drug-likeness (QED) is 0.737. The van der Waals surface area contributed by atoms with Crippen LogP contribution in [0.1, 0.15) is 21.5 Å². The van der Waals surface area contributed by atoms with Gasteiger partial charge in [-0.15, -0.1) is 0 Å². The van der Waals surface area contributed by atoms with E-state index in [0.717, 1.165) is 5.56 Å². The molecule has 1 heterocycles. The Labute approximate surface area is 136 Å². The summed E-state index contributed by atoms with van der Waals surface area (Å²) in [6.45, 7) is 2.90. The van der Waals surface area contributed by atoms with E-state index in [0.29, 0.717) is 45.3 Å². The van der Waals surface area contributed by atoms with Crippen molar-refractivity contribution in [3.63, 3.8) is 0 Å². The summed E-state index contributed by atoms with van der Waals surface area (Å²) in [5.41, 5.74) is 2.03. The average molecular weight is 368 g/mol. The van der Waals surface area contributed by atoms with E-state index in [-0.39, 0.29) is 5.78 Å². The smallest absolute Gasteiger partial charge is 0.194 e. The zero-order valence-corrected chi connectivity index (χ0v) is 13.6. The third-order valence-corrected chi connectivity index (χ3v) is 4.06. The van der Waals surface area contributed by atoms with Gasteiger partial charge in [-0.1, -0.05) is 11.6 Å². The SMILES string of the molecule is Cc1cc(Cl)cc(C(=O)c2cc3c(cc2Br)OCCO3)c1.